The van der Waals surface area contributed by atoms with Crippen molar-refractivity contribution in [1.82, 2.24) is 4.90 Å². The highest BCUT2D eigenvalue weighted by Gasteiger charge is 2.24. The summed E-state index contributed by atoms with van der Waals surface area (Å²) in [5, 5.41) is 3.03. The summed E-state index contributed by atoms with van der Waals surface area (Å²) in [5.41, 5.74) is 7.33. The summed E-state index contributed by atoms with van der Waals surface area (Å²) < 4.78 is 5.41. The van der Waals surface area contributed by atoms with Crippen molar-refractivity contribution >= 4 is 23.2 Å². The summed E-state index contributed by atoms with van der Waals surface area (Å²) >= 11 is 0. The summed E-state index contributed by atoms with van der Waals surface area (Å²) in [7, 11) is 0. The zero-order chi connectivity index (χ0) is 18.1. The molecule has 134 valence electrons. The molecule has 2 aliphatic heterocycles. The third-order valence-electron chi connectivity index (χ3n) is 5.11. The molecule has 4 nitrogen and oxygen atoms in total. The lowest BCUT2D eigenvalue weighted by Gasteiger charge is -2.26. The van der Waals surface area contributed by atoms with Gasteiger partial charge in [-0.2, -0.15) is 0 Å². The minimum Gasteiger partial charge on any atom is -0.379 e. The smallest absolute Gasteiger partial charge is 0.256 e. The molecule has 2 aromatic rings. The van der Waals surface area contributed by atoms with Gasteiger partial charge in [0.15, 0.2) is 0 Å². The van der Waals surface area contributed by atoms with Gasteiger partial charge < -0.3 is 10.1 Å². The molecule has 0 unspecified atom stereocenters. The van der Waals surface area contributed by atoms with Crippen molar-refractivity contribution < 1.29 is 9.53 Å². The summed E-state index contributed by atoms with van der Waals surface area (Å²) in [5.74, 6) is -0.0237. The van der Waals surface area contributed by atoms with Gasteiger partial charge in [-0.1, -0.05) is 35.9 Å². The van der Waals surface area contributed by atoms with Crippen molar-refractivity contribution in [3.63, 3.8) is 0 Å². The zero-order valence-electron chi connectivity index (χ0n) is 15.3. The molecular weight excluding hydrogens is 324 g/mol. The standard InChI is InChI=1S/C22H24N2O2/c1-15-3-4-16(2)18(11-15)13-20-19-6-5-17(12-21(19)23-22(20)25)14-24-7-9-26-10-8-24/h3-6,11-13H,7-10,14H2,1-2H3,(H,23,25). The third kappa shape index (κ3) is 3.43. The second-order valence-electron chi connectivity index (χ2n) is 7.14. The number of hydrogen-bond acceptors (Lipinski definition) is 3. The molecule has 1 amide bonds. The molecule has 1 fully saturated rings. The van der Waals surface area contributed by atoms with Crippen LogP contribution in [0.1, 0.15) is 27.8 Å². The van der Waals surface area contributed by atoms with Gasteiger partial charge in [0, 0.05) is 36.5 Å². The van der Waals surface area contributed by atoms with E-state index in [2.05, 4.69) is 60.5 Å². The molecule has 4 heteroatoms. The third-order valence-corrected chi connectivity index (χ3v) is 5.11. The Bertz CT molecular complexity index is 880. The lowest BCUT2D eigenvalue weighted by molar-refractivity contribution is -0.110. The highest BCUT2D eigenvalue weighted by molar-refractivity contribution is 6.35. The van der Waals surface area contributed by atoms with Gasteiger partial charge in [0.1, 0.15) is 0 Å². The van der Waals surface area contributed by atoms with Gasteiger partial charge in [0.2, 0.25) is 0 Å². The van der Waals surface area contributed by atoms with Crippen LogP contribution >= 0.6 is 0 Å². The highest BCUT2D eigenvalue weighted by atomic mass is 16.5. The molecule has 0 atom stereocenters. The van der Waals surface area contributed by atoms with Crippen LogP contribution in [0.15, 0.2) is 36.4 Å². The number of nitrogens with zero attached hydrogens (tertiary/aromatic N) is 1. The average Bonchev–Trinajstić information content (AvgIpc) is 2.94. The fourth-order valence-corrected chi connectivity index (χ4v) is 3.57. The molecule has 0 bridgehead atoms. The number of carbonyl (C=O) groups excluding carboxylic acids is 1. The van der Waals surface area contributed by atoms with Crippen LogP contribution in [0.4, 0.5) is 5.69 Å². The van der Waals surface area contributed by atoms with Crippen LogP contribution in [0.3, 0.4) is 0 Å². The second-order valence-corrected chi connectivity index (χ2v) is 7.14. The maximum Gasteiger partial charge on any atom is 0.256 e. The Kier molecular flexibility index (Phi) is 4.62. The summed E-state index contributed by atoms with van der Waals surface area (Å²) in [6.45, 7) is 8.55. The number of benzene rings is 2. The van der Waals surface area contributed by atoms with Gasteiger partial charge in [0.25, 0.3) is 5.91 Å². The molecule has 2 heterocycles. The SMILES string of the molecule is Cc1ccc(C)c(C=C2C(=O)Nc3cc(CN4CCOCC4)ccc32)c1. The van der Waals surface area contributed by atoms with Crippen LogP contribution in [0.2, 0.25) is 0 Å². The monoisotopic (exact) mass is 348 g/mol. The first-order valence-electron chi connectivity index (χ1n) is 9.14. The molecule has 0 radical (unpaired) electrons. The number of hydrogen-bond donors (Lipinski definition) is 1. The van der Waals surface area contributed by atoms with E-state index in [1.54, 1.807) is 0 Å². The van der Waals surface area contributed by atoms with Gasteiger partial charge in [0.05, 0.1) is 13.2 Å². The van der Waals surface area contributed by atoms with Gasteiger partial charge in [-0.25, -0.2) is 0 Å². The molecule has 0 aliphatic carbocycles. The normalized spacial score (nSPS) is 18.8. The quantitative estimate of drug-likeness (QED) is 0.861. The number of amides is 1. The van der Waals surface area contributed by atoms with Crippen LogP contribution in [-0.4, -0.2) is 37.1 Å². The molecule has 2 aliphatic rings. The van der Waals surface area contributed by atoms with Gasteiger partial charge in [-0.15, -0.1) is 0 Å². The van der Waals surface area contributed by atoms with E-state index < -0.39 is 0 Å². The average molecular weight is 348 g/mol. The first-order valence-corrected chi connectivity index (χ1v) is 9.14. The maximum atomic E-state index is 12.5. The lowest BCUT2D eigenvalue weighted by atomic mass is 9.99. The lowest BCUT2D eigenvalue weighted by Crippen LogP contribution is -2.35. The predicted molar refractivity (Wildman–Crippen MR) is 105 cm³/mol. The maximum absolute atomic E-state index is 12.5. The van der Waals surface area contributed by atoms with Crippen LogP contribution in [0.25, 0.3) is 11.6 Å². The predicted octanol–water partition coefficient (Wildman–Crippen LogP) is 3.63. The zero-order valence-corrected chi connectivity index (χ0v) is 15.3. The number of ether oxygens (including phenoxy) is 1. The van der Waals surface area contributed by atoms with Crippen molar-refractivity contribution in [3.8, 4) is 0 Å². The number of rotatable bonds is 3. The first-order chi connectivity index (χ1) is 12.6. The number of fused-ring (bicyclic) bond motifs is 1. The van der Waals surface area contributed by atoms with E-state index in [1.807, 2.05) is 6.08 Å². The topological polar surface area (TPSA) is 41.6 Å². The minimum atomic E-state index is -0.0237. The molecular formula is C22H24N2O2. The summed E-state index contributed by atoms with van der Waals surface area (Å²) in [6.07, 6.45) is 2.01. The fourth-order valence-electron chi connectivity index (χ4n) is 3.57. The van der Waals surface area contributed by atoms with E-state index in [1.165, 1.54) is 16.7 Å². The van der Waals surface area contributed by atoms with Crippen LogP contribution in [0.5, 0.6) is 0 Å². The van der Waals surface area contributed by atoms with Crippen molar-refractivity contribution in [2.24, 2.45) is 0 Å². The molecule has 26 heavy (non-hydrogen) atoms. The number of anilines is 1. The Morgan fingerprint density at radius 2 is 1.92 bits per heavy atom. The van der Waals surface area contributed by atoms with Crippen molar-refractivity contribution in [2.45, 2.75) is 20.4 Å². The van der Waals surface area contributed by atoms with E-state index in [-0.39, 0.29) is 5.91 Å². The van der Waals surface area contributed by atoms with Crippen molar-refractivity contribution in [2.75, 3.05) is 31.6 Å². The van der Waals surface area contributed by atoms with Gasteiger partial charge >= 0.3 is 0 Å². The van der Waals surface area contributed by atoms with Crippen molar-refractivity contribution in [3.05, 3.63) is 64.2 Å². The second kappa shape index (κ2) is 7.06. The summed E-state index contributed by atoms with van der Waals surface area (Å²) in [6, 6.07) is 12.6. The summed E-state index contributed by atoms with van der Waals surface area (Å²) in [4.78, 5) is 14.9. The number of carbonyl (C=O) groups is 1. The fraction of sp³-hybridized carbons (Fsp3) is 0.318. The van der Waals surface area contributed by atoms with Crippen molar-refractivity contribution in [1.29, 1.82) is 0 Å². The molecule has 0 aromatic heterocycles. The van der Waals surface area contributed by atoms with Crippen LogP contribution < -0.4 is 5.32 Å². The molecule has 1 saturated heterocycles. The Morgan fingerprint density at radius 3 is 2.73 bits per heavy atom. The Morgan fingerprint density at radius 1 is 1.12 bits per heavy atom. The highest BCUT2D eigenvalue weighted by Crippen LogP contribution is 2.34. The minimum absolute atomic E-state index is 0.0237. The number of aryl methyl sites for hydroxylation is 2. The molecule has 4 rings (SSSR count). The van der Waals surface area contributed by atoms with Gasteiger partial charge in [-0.3, -0.25) is 9.69 Å². The van der Waals surface area contributed by atoms with E-state index in [4.69, 9.17) is 4.74 Å². The number of nitrogens with one attached hydrogen (secondary N) is 1. The largest absolute Gasteiger partial charge is 0.379 e. The Balaban J connectivity index is 1.62. The number of morpholine rings is 1. The van der Waals surface area contributed by atoms with E-state index in [0.717, 1.165) is 55.2 Å². The van der Waals surface area contributed by atoms with E-state index in [9.17, 15) is 4.79 Å². The molecule has 1 N–H and O–H groups in total. The molecule has 0 saturated carbocycles. The van der Waals surface area contributed by atoms with Crippen LogP contribution in [-0.2, 0) is 16.1 Å². The van der Waals surface area contributed by atoms with Gasteiger partial charge in [-0.05, 0) is 42.7 Å². The van der Waals surface area contributed by atoms with E-state index >= 15 is 0 Å². The van der Waals surface area contributed by atoms with E-state index in [0.29, 0.717) is 0 Å². The molecule has 0 spiro atoms. The Labute approximate surface area is 154 Å². The molecule has 2 aromatic carbocycles. The van der Waals surface area contributed by atoms with Crippen LogP contribution in [0, 0.1) is 13.8 Å². The Hall–Kier alpha value is -2.43. The first kappa shape index (κ1) is 17.0.